The Bertz CT molecular complexity index is 659. The molecule has 0 fully saturated rings. The number of aryl methyl sites for hydroxylation is 1. The maximum Gasteiger partial charge on any atom is 0.153 e. The van der Waals surface area contributed by atoms with Gasteiger partial charge in [-0.15, -0.1) is 12.4 Å². The van der Waals surface area contributed by atoms with Crippen molar-refractivity contribution in [1.29, 1.82) is 0 Å². The third kappa shape index (κ3) is 3.90. The molecule has 0 amide bonds. The second-order valence-electron chi connectivity index (χ2n) is 4.60. The van der Waals surface area contributed by atoms with Gasteiger partial charge >= 0.3 is 0 Å². The van der Waals surface area contributed by atoms with Gasteiger partial charge < -0.3 is 5.32 Å². The molecule has 0 atom stereocenters. The van der Waals surface area contributed by atoms with Crippen LogP contribution in [0.5, 0.6) is 0 Å². The second kappa shape index (κ2) is 7.01. The zero-order chi connectivity index (χ0) is 13.8. The molecule has 6 nitrogen and oxygen atoms in total. The molecule has 0 saturated heterocycles. The predicted octanol–water partition coefficient (Wildman–Crippen LogP) is 1.71. The summed E-state index contributed by atoms with van der Waals surface area (Å²) in [6.45, 7) is 1.58. The minimum Gasteiger partial charge on any atom is -0.308 e. The third-order valence-corrected chi connectivity index (χ3v) is 2.96. The highest BCUT2D eigenvalue weighted by Crippen LogP contribution is 2.05. The van der Waals surface area contributed by atoms with Crippen LogP contribution < -0.4 is 5.32 Å². The van der Waals surface area contributed by atoms with E-state index in [1.165, 1.54) is 5.56 Å². The lowest BCUT2D eigenvalue weighted by Crippen LogP contribution is -2.12. The lowest BCUT2D eigenvalue weighted by molar-refractivity contribution is 0.689. The van der Waals surface area contributed by atoms with Gasteiger partial charge in [-0.25, -0.2) is 9.67 Å². The van der Waals surface area contributed by atoms with Gasteiger partial charge in [0.1, 0.15) is 0 Å². The van der Waals surface area contributed by atoms with Crippen LogP contribution in [-0.4, -0.2) is 24.5 Å². The minimum atomic E-state index is 0. The van der Waals surface area contributed by atoms with Crippen molar-refractivity contribution in [2.75, 3.05) is 0 Å². The van der Waals surface area contributed by atoms with Crippen molar-refractivity contribution in [2.45, 2.75) is 13.1 Å². The van der Waals surface area contributed by atoms with E-state index in [1.807, 2.05) is 44.0 Å². The summed E-state index contributed by atoms with van der Waals surface area (Å²) in [6.07, 6.45) is 9.36. The van der Waals surface area contributed by atoms with Crippen molar-refractivity contribution >= 4 is 12.4 Å². The van der Waals surface area contributed by atoms with Crippen LogP contribution in [0.15, 0.2) is 49.2 Å². The topological polar surface area (TPSA) is 60.6 Å². The second-order valence-corrected chi connectivity index (χ2v) is 4.60. The van der Waals surface area contributed by atoms with Crippen LogP contribution in [0, 0.1) is 0 Å². The summed E-state index contributed by atoms with van der Waals surface area (Å²) in [4.78, 5) is 4.39. The lowest BCUT2D eigenvalue weighted by atomic mass is 10.2. The molecule has 0 spiro atoms. The molecule has 3 aromatic rings. The fraction of sp³-hybridized carbons (Fsp3) is 0.214. The van der Waals surface area contributed by atoms with E-state index in [0.717, 1.165) is 24.5 Å². The van der Waals surface area contributed by atoms with Crippen LogP contribution in [0.4, 0.5) is 0 Å². The fourth-order valence-corrected chi connectivity index (χ4v) is 1.98. The lowest BCUT2D eigenvalue weighted by Gasteiger charge is -2.04. The summed E-state index contributed by atoms with van der Waals surface area (Å²) in [6, 6.07) is 5.90. The predicted molar refractivity (Wildman–Crippen MR) is 82.4 cm³/mol. The van der Waals surface area contributed by atoms with Gasteiger partial charge in [0.2, 0.25) is 0 Å². The van der Waals surface area contributed by atoms with Crippen LogP contribution in [0.2, 0.25) is 0 Å². The molecule has 0 aromatic carbocycles. The summed E-state index contributed by atoms with van der Waals surface area (Å²) in [7, 11) is 1.92. The average molecular weight is 305 g/mol. The van der Waals surface area contributed by atoms with Gasteiger partial charge in [-0.2, -0.15) is 10.2 Å². The van der Waals surface area contributed by atoms with E-state index in [0.29, 0.717) is 0 Å². The highest BCUT2D eigenvalue weighted by Gasteiger charge is 1.99. The smallest absolute Gasteiger partial charge is 0.153 e. The molecule has 0 unspecified atom stereocenters. The maximum atomic E-state index is 4.39. The first-order valence-electron chi connectivity index (χ1n) is 6.44. The first-order valence-corrected chi connectivity index (χ1v) is 6.44. The van der Waals surface area contributed by atoms with E-state index in [1.54, 1.807) is 15.6 Å². The van der Waals surface area contributed by atoms with Gasteiger partial charge in [0, 0.05) is 50.5 Å². The zero-order valence-electron chi connectivity index (χ0n) is 11.7. The summed E-state index contributed by atoms with van der Waals surface area (Å²) in [5.74, 6) is 0.825. The highest BCUT2D eigenvalue weighted by atomic mass is 35.5. The SMILES string of the molecule is Cl.Cn1cc(CNCc2ccc(-n3cccn3)nc2)cn1. The number of hydrogen-bond donors (Lipinski definition) is 1. The van der Waals surface area contributed by atoms with Crippen molar-refractivity contribution in [3.8, 4) is 5.82 Å². The van der Waals surface area contributed by atoms with Crippen LogP contribution in [0.25, 0.3) is 5.82 Å². The molecule has 0 aliphatic heterocycles. The normalized spacial score (nSPS) is 10.3. The number of halogens is 1. The molecular weight excluding hydrogens is 288 g/mol. The van der Waals surface area contributed by atoms with Gasteiger partial charge in [0.15, 0.2) is 5.82 Å². The molecule has 7 heteroatoms. The highest BCUT2D eigenvalue weighted by molar-refractivity contribution is 5.85. The minimum absolute atomic E-state index is 0. The summed E-state index contributed by atoms with van der Waals surface area (Å²) in [5.41, 5.74) is 2.32. The summed E-state index contributed by atoms with van der Waals surface area (Å²) < 4.78 is 3.55. The van der Waals surface area contributed by atoms with E-state index in [4.69, 9.17) is 0 Å². The van der Waals surface area contributed by atoms with Crippen molar-refractivity contribution in [3.63, 3.8) is 0 Å². The molecule has 3 aromatic heterocycles. The van der Waals surface area contributed by atoms with E-state index < -0.39 is 0 Å². The zero-order valence-corrected chi connectivity index (χ0v) is 12.5. The first kappa shape index (κ1) is 15.2. The number of aromatic nitrogens is 5. The molecule has 21 heavy (non-hydrogen) atoms. The van der Waals surface area contributed by atoms with Crippen molar-refractivity contribution < 1.29 is 0 Å². The Morgan fingerprint density at radius 1 is 1.10 bits per heavy atom. The fourth-order valence-electron chi connectivity index (χ4n) is 1.98. The standard InChI is InChI=1S/C14H16N6.ClH/c1-19-11-13(10-18-19)8-15-7-12-3-4-14(16-9-12)20-6-2-5-17-20;/h2-6,9-11,15H,7-8H2,1H3;1H. The Balaban J connectivity index is 0.00000161. The van der Waals surface area contributed by atoms with Gasteiger partial charge in [-0.05, 0) is 17.7 Å². The van der Waals surface area contributed by atoms with E-state index in [9.17, 15) is 0 Å². The van der Waals surface area contributed by atoms with Crippen LogP contribution >= 0.6 is 12.4 Å². The molecule has 0 radical (unpaired) electrons. The Morgan fingerprint density at radius 2 is 1.95 bits per heavy atom. The number of pyridine rings is 1. The Hall–Kier alpha value is -2.18. The molecule has 3 heterocycles. The van der Waals surface area contributed by atoms with Crippen molar-refractivity contribution in [2.24, 2.45) is 7.05 Å². The van der Waals surface area contributed by atoms with Crippen molar-refractivity contribution in [1.82, 2.24) is 29.9 Å². The van der Waals surface area contributed by atoms with Crippen LogP contribution in [-0.2, 0) is 20.1 Å². The Labute approximate surface area is 129 Å². The third-order valence-electron chi connectivity index (χ3n) is 2.96. The molecule has 0 aliphatic carbocycles. The Morgan fingerprint density at radius 3 is 2.57 bits per heavy atom. The monoisotopic (exact) mass is 304 g/mol. The molecule has 0 saturated carbocycles. The number of rotatable bonds is 5. The van der Waals surface area contributed by atoms with Gasteiger partial charge in [0.25, 0.3) is 0 Å². The largest absolute Gasteiger partial charge is 0.308 e. The summed E-state index contributed by atoms with van der Waals surface area (Å²) >= 11 is 0. The molecule has 0 bridgehead atoms. The van der Waals surface area contributed by atoms with E-state index in [-0.39, 0.29) is 12.4 Å². The van der Waals surface area contributed by atoms with Crippen molar-refractivity contribution in [3.05, 3.63) is 60.3 Å². The van der Waals surface area contributed by atoms with E-state index >= 15 is 0 Å². The Kier molecular flexibility index (Phi) is 5.08. The van der Waals surface area contributed by atoms with Gasteiger partial charge in [-0.1, -0.05) is 6.07 Å². The number of nitrogens with zero attached hydrogens (tertiary/aromatic N) is 5. The molecule has 110 valence electrons. The number of hydrogen-bond acceptors (Lipinski definition) is 4. The summed E-state index contributed by atoms with van der Waals surface area (Å²) in [5, 5.41) is 11.7. The first-order chi connectivity index (χ1) is 9.81. The average Bonchev–Trinajstić information content (AvgIpc) is 3.11. The van der Waals surface area contributed by atoms with Crippen LogP contribution in [0.1, 0.15) is 11.1 Å². The maximum absolute atomic E-state index is 4.39. The van der Waals surface area contributed by atoms with E-state index in [2.05, 4.69) is 26.6 Å². The molecule has 0 aliphatic rings. The quantitative estimate of drug-likeness (QED) is 0.779. The van der Waals surface area contributed by atoms with Gasteiger partial charge in [-0.3, -0.25) is 4.68 Å². The molecule has 1 N–H and O–H groups in total. The number of nitrogens with one attached hydrogen (secondary N) is 1. The molecule has 3 rings (SSSR count). The van der Waals surface area contributed by atoms with Gasteiger partial charge in [0.05, 0.1) is 6.20 Å². The molecular formula is C14H17ClN6. The van der Waals surface area contributed by atoms with Crippen LogP contribution in [0.3, 0.4) is 0 Å².